The monoisotopic (exact) mass is 477 g/mol. The number of Topliss-reactive ketones (excluding diaryl/α,β-unsaturated/α-hetero) is 1. The second-order valence-corrected chi connectivity index (χ2v) is 8.76. The second kappa shape index (κ2) is 9.93. The van der Waals surface area contributed by atoms with Crippen LogP contribution in [0.4, 0.5) is 0 Å². The molecule has 5 rings (SSSR count). The minimum absolute atomic E-state index is 0.0275. The smallest absolute Gasteiger partial charge is 0.290 e. The van der Waals surface area contributed by atoms with Gasteiger partial charge in [-0.3, -0.25) is 9.59 Å². The SMILES string of the molecule is CCOc1cccc(C2C(C(=O)c3cc4ccccc4o3)=C(O)C(=O)N2CC[NH+]2CCOCC2)c1. The zero-order chi connectivity index (χ0) is 24.4. The quantitative estimate of drug-likeness (QED) is 0.484. The van der Waals surface area contributed by atoms with Crippen LogP contribution in [0.1, 0.15) is 29.1 Å². The van der Waals surface area contributed by atoms with Gasteiger partial charge in [-0.15, -0.1) is 0 Å². The Kier molecular flexibility index (Phi) is 6.57. The maximum atomic E-state index is 13.7. The van der Waals surface area contributed by atoms with Gasteiger partial charge in [0, 0.05) is 5.39 Å². The molecule has 1 unspecified atom stereocenters. The van der Waals surface area contributed by atoms with E-state index >= 15 is 0 Å². The Bertz CT molecular complexity index is 1240. The summed E-state index contributed by atoms with van der Waals surface area (Å²) in [6, 6.07) is 15.5. The van der Waals surface area contributed by atoms with Gasteiger partial charge in [-0.1, -0.05) is 30.3 Å². The summed E-state index contributed by atoms with van der Waals surface area (Å²) in [6.45, 7) is 6.54. The van der Waals surface area contributed by atoms with Gasteiger partial charge in [0.25, 0.3) is 5.91 Å². The molecule has 3 heterocycles. The number of hydrogen-bond acceptors (Lipinski definition) is 6. The molecule has 8 nitrogen and oxygen atoms in total. The fraction of sp³-hybridized carbons (Fsp3) is 0.333. The molecule has 1 fully saturated rings. The Morgan fingerprint density at radius 1 is 1.14 bits per heavy atom. The Morgan fingerprint density at radius 3 is 2.71 bits per heavy atom. The van der Waals surface area contributed by atoms with Crippen molar-refractivity contribution in [2.24, 2.45) is 0 Å². The standard InChI is InChI=1S/C27H28N2O6/c1-2-34-20-8-5-7-19(16-20)24-23(25(30)22-17-18-6-3-4-9-21(18)35-22)26(31)27(32)29(24)11-10-28-12-14-33-15-13-28/h3-9,16-17,24,31H,2,10-15H2,1H3/p+1. The minimum Gasteiger partial charge on any atom is -0.503 e. The van der Waals surface area contributed by atoms with Gasteiger partial charge in [0.1, 0.15) is 24.4 Å². The summed E-state index contributed by atoms with van der Waals surface area (Å²) in [7, 11) is 0. The van der Waals surface area contributed by atoms with Gasteiger partial charge >= 0.3 is 0 Å². The number of para-hydroxylation sites is 1. The molecule has 1 atom stereocenters. The Hall–Kier alpha value is -3.62. The van der Waals surface area contributed by atoms with E-state index in [4.69, 9.17) is 13.9 Å². The molecule has 3 aromatic rings. The maximum absolute atomic E-state index is 13.7. The third-order valence-corrected chi connectivity index (χ3v) is 6.59. The lowest BCUT2D eigenvalue weighted by Crippen LogP contribution is -3.14. The number of nitrogens with one attached hydrogen (secondary N) is 1. The van der Waals surface area contributed by atoms with Gasteiger partial charge in [0.15, 0.2) is 11.5 Å². The van der Waals surface area contributed by atoms with Crippen LogP contribution in [0.25, 0.3) is 11.0 Å². The van der Waals surface area contributed by atoms with Crippen LogP contribution in [0.2, 0.25) is 0 Å². The Morgan fingerprint density at radius 2 is 1.94 bits per heavy atom. The molecule has 2 N–H and O–H groups in total. The first-order valence-corrected chi connectivity index (χ1v) is 12.0. The van der Waals surface area contributed by atoms with Crippen molar-refractivity contribution in [3.63, 3.8) is 0 Å². The van der Waals surface area contributed by atoms with Gasteiger partial charge in [-0.05, 0) is 36.8 Å². The van der Waals surface area contributed by atoms with E-state index in [0.717, 1.165) is 18.5 Å². The molecule has 0 spiro atoms. The number of amides is 1. The van der Waals surface area contributed by atoms with Crippen LogP contribution in [0, 0.1) is 0 Å². The zero-order valence-corrected chi connectivity index (χ0v) is 19.7. The molecule has 1 saturated heterocycles. The molecule has 0 saturated carbocycles. The molecular weight excluding hydrogens is 448 g/mol. The number of aliphatic hydroxyl groups excluding tert-OH is 1. The number of ether oxygens (including phenoxy) is 2. The van der Waals surface area contributed by atoms with E-state index in [1.165, 1.54) is 4.90 Å². The average molecular weight is 478 g/mol. The van der Waals surface area contributed by atoms with E-state index in [-0.39, 0.29) is 11.3 Å². The number of rotatable bonds is 8. The summed E-state index contributed by atoms with van der Waals surface area (Å²) >= 11 is 0. The molecule has 1 aromatic heterocycles. The predicted octanol–water partition coefficient (Wildman–Crippen LogP) is 2.32. The van der Waals surface area contributed by atoms with E-state index in [2.05, 4.69) is 0 Å². The van der Waals surface area contributed by atoms with Crippen molar-refractivity contribution in [3.05, 3.63) is 77.3 Å². The fourth-order valence-corrected chi connectivity index (χ4v) is 4.82. The predicted molar refractivity (Wildman–Crippen MR) is 129 cm³/mol. The highest BCUT2D eigenvalue weighted by Gasteiger charge is 2.45. The third-order valence-electron chi connectivity index (χ3n) is 6.59. The fourth-order valence-electron chi connectivity index (χ4n) is 4.82. The zero-order valence-electron chi connectivity index (χ0n) is 19.7. The maximum Gasteiger partial charge on any atom is 0.290 e. The van der Waals surface area contributed by atoms with Crippen molar-refractivity contribution in [2.45, 2.75) is 13.0 Å². The molecule has 0 aliphatic carbocycles. The topological polar surface area (TPSA) is 93.7 Å². The van der Waals surface area contributed by atoms with Gasteiger partial charge < -0.3 is 28.8 Å². The van der Waals surface area contributed by atoms with Gasteiger partial charge in [0.2, 0.25) is 5.78 Å². The Balaban J connectivity index is 1.51. The van der Waals surface area contributed by atoms with E-state index in [1.807, 2.05) is 49.4 Å². The number of carbonyl (C=O) groups excluding carboxylic acids is 2. The number of hydrogen-bond donors (Lipinski definition) is 2. The number of quaternary nitrogens is 1. The van der Waals surface area contributed by atoms with E-state index in [9.17, 15) is 14.7 Å². The van der Waals surface area contributed by atoms with E-state index < -0.39 is 23.5 Å². The van der Waals surface area contributed by atoms with Crippen molar-refractivity contribution < 1.29 is 33.5 Å². The summed E-state index contributed by atoms with van der Waals surface area (Å²) in [4.78, 5) is 29.8. The Labute approximate surface area is 203 Å². The number of nitrogens with zero attached hydrogens (tertiary/aromatic N) is 1. The highest BCUT2D eigenvalue weighted by molar-refractivity contribution is 6.16. The molecule has 1 amide bonds. The molecule has 0 bridgehead atoms. The van der Waals surface area contributed by atoms with Crippen molar-refractivity contribution in [1.82, 2.24) is 4.90 Å². The summed E-state index contributed by atoms with van der Waals surface area (Å²) in [5.74, 6) is -0.853. The average Bonchev–Trinajstić information content (AvgIpc) is 3.43. The first kappa shape index (κ1) is 23.1. The summed E-state index contributed by atoms with van der Waals surface area (Å²) < 4.78 is 16.9. The van der Waals surface area contributed by atoms with Crippen LogP contribution in [-0.2, 0) is 9.53 Å². The number of aliphatic hydroxyl groups is 1. The lowest BCUT2D eigenvalue weighted by atomic mass is 9.95. The minimum atomic E-state index is -0.746. The highest BCUT2D eigenvalue weighted by Crippen LogP contribution is 2.40. The van der Waals surface area contributed by atoms with Crippen molar-refractivity contribution in [3.8, 4) is 5.75 Å². The van der Waals surface area contributed by atoms with Gasteiger partial charge in [-0.2, -0.15) is 0 Å². The lowest BCUT2D eigenvalue weighted by molar-refractivity contribution is -0.907. The van der Waals surface area contributed by atoms with Crippen LogP contribution >= 0.6 is 0 Å². The normalized spacial score (nSPS) is 19.1. The van der Waals surface area contributed by atoms with Crippen LogP contribution in [0.5, 0.6) is 5.75 Å². The highest BCUT2D eigenvalue weighted by atomic mass is 16.5. The van der Waals surface area contributed by atoms with Crippen LogP contribution in [0.15, 0.2) is 70.3 Å². The molecule has 2 aromatic carbocycles. The van der Waals surface area contributed by atoms with Crippen molar-refractivity contribution in [2.75, 3.05) is 46.0 Å². The molecule has 182 valence electrons. The van der Waals surface area contributed by atoms with Crippen LogP contribution in [0.3, 0.4) is 0 Å². The second-order valence-electron chi connectivity index (χ2n) is 8.76. The molecule has 35 heavy (non-hydrogen) atoms. The number of benzene rings is 2. The lowest BCUT2D eigenvalue weighted by Gasteiger charge is -2.30. The molecule has 8 heteroatoms. The molecular formula is C27H29N2O6+. The van der Waals surface area contributed by atoms with Gasteiger partial charge in [-0.25, -0.2) is 0 Å². The van der Waals surface area contributed by atoms with E-state index in [0.29, 0.717) is 49.8 Å². The van der Waals surface area contributed by atoms with E-state index in [1.54, 1.807) is 17.0 Å². The molecule has 2 aliphatic heterocycles. The molecule has 0 radical (unpaired) electrons. The van der Waals surface area contributed by atoms with Crippen molar-refractivity contribution >= 4 is 22.7 Å². The summed E-state index contributed by atoms with van der Waals surface area (Å²) in [6.07, 6.45) is 0. The number of fused-ring (bicyclic) bond motifs is 1. The largest absolute Gasteiger partial charge is 0.503 e. The summed E-state index contributed by atoms with van der Waals surface area (Å²) in [5.41, 5.74) is 1.30. The molecule has 2 aliphatic rings. The number of furan rings is 1. The third kappa shape index (κ3) is 4.54. The van der Waals surface area contributed by atoms with Crippen LogP contribution < -0.4 is 9.64 Å². The number of ketones is 1. The first-order chi connectivity index (χ1) is 17.1. The number of carbonyl (C=O) groups is 2. The summed E-state index contributed by atoms with van der Waals surface area (Å²) in [5, 5.41) is 11.7. The van der Waals surface area contributed by atoms with Crippen LogP contribution in [-0.4, -0.2) is 67.7 Å². The number of morpholine rings is 1. The van der Waals surface area contributed by atoms with Gasteiger partial charge in [0.05, 0.1) is 44.5 Å². The van der Waals surface area contributed by atoms with Crippen molar-refractivity contribution in [1.29, 1.82) is 0 Å². The first-order valence-electron chi connectivity index (χ1n) is 12.0.